The van der Waals surface area contributed by atoms with Gasteiger partial charge in [0.1, 0.15) is 0 Å². The summed E-state index contributed by atoms with van der Waals surface area (Å²) >= 11 is 0. The van der Waals surface area contributed by atoms with E-state index in [1.165, 1.54) is 5.56 Å². The van der Waals surface area contributed by atoms with Gasteiger partial charge < -0.3 is 20.3 Å². The standard InChI is InChI=1S/C22H34N4O2.HI/c1-2-23-21(24-13-7-15-26-14-6-10-20(26)27)25-18-22(11-16-28-17-12-22)19-8-4-3-5-9-19;/h3-5,8-9H,2,6-7,10-18H2,1H3,(H2,23,24,25);1H. The Hall–Kier alpha value is -1.35. The van der Waals surface area contributed by atoms with E-state index in [2.05, 4.69) is 47.9 Å². The monoisotopic (exact) mass is 514 g/mol. The Morgan fingerprint density at radius 3 is 2.62 bits per heavy atom. The molecule has 1 amide bonds. The number of halogens is 1. The van der Waals surface area contributed by atoms with Crippen molar-refractivity contribution < 1.29 is 9.53 Å². The summed E-state index contributed by atoms with van der Waals surface area (Å²) in [6.07, 6.45) is 4.65. The normalized spacial score (nSPS) is 19.0. The number of ether oxygens (including phenoxy) is 1. The van der Waals surface area contributed by atoms with Crippen LogP contribution in [0.25, 0.3) is 0 Å². The molecule has 29 heavy (non-hydrogen) atoms. The molecule has 2 heterocycles. The molecule has 0 atom stereocenters. The summed E-state index contributed by atoms with van der Waals surface area (Å²) in [7, 11) is 0. The summed E-state index contributed by atoms with van der Waals surface area (Å²) < 4.78 is 5.63. The van der Waals surface area contributed by atoms with Crippen LogP contribution in [0.2, 0.25) is 0 Å². The zero-order valence-corrected chi connectivity index (χ0v) is 19.8. The molecule has 0 bridgehead atoms. The number of guanidine groups is 1. The molecular formula is C22H35IN4O2. The van der Waals surface area contributed by atoms with E-state index in [0.29, 0.717) is 12.3 Å². The first-order valence-electron chi connectivity index (χ1n) is 10.7. The smallest absolute Gasteiger partial charge is 0.222 e. The van der Waals surface area contributed by atoms with Crippen LogP contribution in [0.15, 0.2) is 35.3 Å². The number of carbonyl (C=O) groups excluding carboxylic acids is 1. The number of nitrogens with one attached hydrogen (secondary N) is 2. The van der Waals surface area contributed by atoms with Crippen molar-refractivity contribution in [2.45, 2.75) is 44.4 Å². The number of rotatable bonds is 8. The molecule has 0 unspecified atom stereocenters. The fourth-order valence-electron chi connectivity index (χ4n) is 4.08. The van der Waals surface area contributed by atoms with E-state index in [4.69, 9.17) is 9.73 Å². The number of benzene rings is 1. The number of carbonyl (C=O) groups is 1. The Morgan fingerprint density at radius 2 is 1.97 bits per heavy atom. The summed E-state index contributed by atoms with van der Waals surface area (Å²) in [5.41, 5.74) is 1.40. The van der Waals surface area contributed by atoms with Crippen molar-refractivity contribution in [1.82, 2.24) is 15.5 Å². The summed E-state index contributed by atoms with van der Waals surface area (Å²) in [6.45, 7) is 7.80. The van der Waals surface area contributed by atoms with Crippen molar-refractivity contribution in [2.75, 3.05) is 45.9 Å². The second-order valence-corrected chi connectivity index (χ2v) is 7.72. The maximum atomic E-state index is 11.7. The number of hydrogen-bond donors (Lipinski definition) is 2. The van der Waals surface area contributed by atoms with Crippen LogP contribution in [0, 0.1) is 0 Å². The minimum absolute atomic E-state index is 0. The molecule has 2 aliphatic rings. The van der Waals surface area contributed by atoms with Gasteiger partial charge in [-0.15, -0.1) is 24.0 Å². The largest absolute Gasteiger partial charge is 0.381 e. The lowest BCUT2D eigenvalue weighted by atomic mass is 9.74. The number of nitrogens with zero attached hydrogens (tertiary/aromatic N) is 2. The molecule has 6 nitrogen and oxygen atoms in total. The van der Waals surface area contributed by atoms with Crippen molar-refractivity contribution in [2.24, 2.45) is 4.99 Å². The van der Waals surface area contributed by atoms with Crippen molar-refractivity contribution >= 4 is 35.8 Å². The maximum absolute atomic E-state index is 11.7. The zero-order valence-electron chi connectivity index (χ0n) is 17.5. The van der Waals surface area contributed by atoms with E-state index in [-0.39, 0.29) is 29.4 Å². The second kappa shape index (κ2) is 12.4. The fraction of sp³-hybridized carbons (Fsp3) is 0.636. The van der Waals surface area contributed by atoms with Crippen molar-refractivity contribution in [1.29, 1.82) is 0 Å². The fourth-order valence-corrected chi connectivity index (χ4v) is 4.08. The van der Waals surface area contributed by atoms with Gasteiger partial charge in [0.15, 0.2) is 5.96 Å². The van der Waals surface area contributed by atoms with Crippen LogP contribution < -0.4 is 10.6 Å². The number of aliphatic imine (C=N–C) groups is 1. The summed E-state index contributed by atoms with van der Waals surface area (Å²) in [5, 5.41) is 6.79. The molecule has 1 aromatic rings. The average molecular weight is 514 g/mol. The summed E-state index contributed by atoms with van der Waals surface area (Å²) in [6, 6.07) is 10.7. The third kappa shape index (κ3) is 6.84. The molecule has 0 radical (unpaired) electrons. The van der Waals surface area contributed by atoms with Gasteiger partial charge in [-0.05, 0) is 38.2 Å². The maximum Gasteiger partial charge on any atom is 0.222 e. The quantitative estimate of drug-likeness (QED) is 0.243. The molecule has 2 saturated heterocycles. The van der Waals surface area contributed by atoms with Gasteiger partial charge in [-0.25, -0.2) is 0 Å². The lowest BCUT2D eigenvalue weighted by Crippen LogP contribution is -2.42. The third-order valence-corrected chi connectivity index (χ3v) is 5.79. The predicted octanol–water partition coefficient (Wildman–Crippen LogP) is 2.92. The van der Waals surface area contributed by atoms with Gasteiger partial charge in [-0.3, -0.25) is 9.79 Å². The van der Waals surface area contributed by atoms with Crippen LogP contribution in [0.3, 0.4) is 0 Å². The Morgan fingerprint density at radius 1 is 1.21 bits per heavy atom. The molecule has 0 aliphatic carbocycles. The van der Waals surface area contributed by atoms with Crippen molar-refractivity contribution in [3.63, 3.8) is 0 Å². The van der Waals surface area contributed by atoms with Gasteiger partial charge >= 0.3 is 0 Å². The molecule has 7 heteroatoms. The second-order valence-electron chi connectivity index (χ2n) is 7.72. The van der Waals surface area contributed by atoms with Crippen LogP contribution in [-0.4, -0.2) is 62.7 Å². The minimum atomic E-state index is 0. The highest BCUT2D eigenvalue weighted by Gasteiger charge is 2.34. The predicted molar refractivity (Wildman–Crippen MR) is 128 cm³/mol. The van der Waals surface area contributed by atoms with Gasteiger partial charge in [0.25, 0.3) is 0 Å². The molecule has 2 fully saturated rings. The van der Waals surface area contributed by atoms with E-state index in [1.54, 1.807) is 0 Å². The average Bonchev–Trinajstić information content (AvgIpc) is 3.15. The molecular weight excluding hydrogens is 479 g/mol. The van der Waals surface area contributed by atoms with Gasteiger partial charge in [0.2, 0.25) is 5.91 Å². The zero-order chi connectivity index (χ0) is 19.7. The molecule has 2 N–H and O–H groups in total. The van der Waals surface area contributed by atoms with Gasteiger partial charge in [0.05, 0.1) is 6.54 Å². The molecule has 1 aromatic carbocycles. The Balaban J connectivity index is 0.00000300. The summed E-state index contributed by atoms with van der Waals surface area (Å²) in [4.78, 5) is 18.6. The summed E-state index contributed by atoms with van der Waals surface area (Å²) in [5.74, 6) is 1.15. The van der Waals surface area contributed by atoms with E-state index < -0.39 is 0 Å². The molecule has 0 spiro atoms. The molecule has 0 aromatic heterocycles. The highest BCUT2D eigenvalue weighted by atomic mass is 127. The van der Waals surface area contributed by atoms with Crippen LogP contribution >= 0.6 is 24.0 Å². The number of likely N-dealkylation sites (tertiary alicyclic amines) is 1. The SMILES string of the molecule is CCNC(=NCC1(c2ccccc2)CCOCC1)NCCCN1CCCC1=O.I. The number of amides is 1. The molecule has 2 aliphatic heterocycles. The topological polar surface area (TPSA) is 66.0 Å². The van der Waals surface area contributed by atoms with E-state index in [0.717, 1.165) is 77.6 Å². The molecule has 3 rings (SSSR count). The third-order valence-electron chi connectivity index (χ3n) is 5.79. The van der Waals surface area contributed by atoms with Gasteiger partial charge in [0, 0.05) is 51.2 Å². The van der Waals surface area contributed by atoms with Crippen LogP contribution in [0.1, 0.15) is 44.6 Å². The molecule has 0 saturated carbocycles. The first-order valence-corrected chi connectivity index (χ1v) is 10.7. The van der Waals surface area contributed by atoms with Crippen molar-refractivity contribution in [3.8, 4) is 0 Å². The van der Waals surface area contributed by atoms with Crippen LogP contribution in [0.4, 0.5) is 0 Å². The minimum Gasteiger partial charge on any atom is -0.381 e. The first-order chi connectivity index (χ1) is 13.7. The lowest BCUT2D eigenvalue weighted by Gasteiger charge is -2.36. The Bertz CT molecular complexity index is 647. The van der Waals surface area contributed by atoms with E-state index in [1.807, 2.05) is 4.90 Å². The first kappa shape index (κ1) is 23.9. The Labute approximate surface area is 191 Å². The van der Waals surface area contributed by atoms with Gasteiger partial charge in [-0.1, -0.05) is 30.3 Å². The van der Waals surface area contributed by atoms with E-state index in [9.17, 15) is 4.79 Å². The van der Waals surface area contributed by atoms with Gasteiger partial charge in [-0.2, -0.15) is 0 Å². The van der Waals surface area contributed by atoms with Crippen LogP contribution in [0.5, 0.6) is 0 Å². The van der Waals surface area contributed by atoms with Crippen molar-refractivity contribution in [3.05, 3.63) is 35.9 Å². The van der Waals surface area contributed by atoms with Crippen LogP contribution in [-0.2, 0) is 14.9 Å². The highest BCUT2D eigenvalue weighted by Crippen LogP contribution is 2.35. The molecule has 162 valence electrons. The number of hydrogen-bond acceptors (Lipinski definition) is 3. The lowest BCUT2D eigenvalue weighted by molar-refractivity contribution is -0.127. The Kier molecular flexibility index (Phi) is 10.2. The van der Waals surface area contributed by atoms with E-state index >= 15 is 0 Å². The highest BCUT2D eigenvalue weighted by molar-refractivity contribution is 14.0.